The van der Waals surface area contributed by atoms with Crippen LogP contribution in [-0.4, -0.2) is 48.6 Å². The first-order valence-electron chi connectivity index (χ1n) is 9.70. The first kappa shape index (κ1) is 18.7. The van der Waals surface area contributed by atoms with Crippen LogP contribution in [0.4, 0.5) is 10.5 Å². The van der Waals surface area contributed by atoms with Gasteiger partial charge in [0.05, 0.1) is 6.42 Å². The Kier molecular flexibility index (Phi) is 6.14. The summed E-state index contributed by atoms with van der Waals surface area (Å²) in [6, 6.07) is 8.83. The van der Waals surface area contributed by atoms with Crippen LogP contribution in [0.15, 0.2) is 24.3 Å². The fourth-order valence-electron chi connectivity index (χ4n) is 3.97. The Morgan fingerprint density at radius 1 is 1.15 bits per heavy atom. The minimum absolute atomic E-state index is 0.165. The second kappa shape index (κ2) is 8.54. The Balaban J connectivity index is 1.50. The number of piperidine rings is 1. The predicted octanol–water partition coefficient (Wildman–Crippen LogP) is 2.50. The van der Waals surface area contributed by atoms with Crippen LogP contribution in [0.25, 0.3) is 0 Å². The van der Waals surface area contributed by atoms with E-state index >= 15 is 0 Å². The number of carbonyl (C=O) groups excluding carboxylic acids is 2. The highest BCUT2D eigenvalue weighted by molar-refractivity contribution is 5.89. The van der Waals surface area contributed by atoms with E-state index in [1.807, 2.05) is 43.1 Å². The molecule has 3 N–H and O–H groups in total. The summed E-state index contributed by atoms with van der Waals surface area (Å²) >= 11 is 0. The SMILES string of the molecule is CCCNC(=O)Nc1ccc(CC(=O)N(C)C2CC3CCC(C2)N3)cc1. The number of anilines is 1. The molecule has 0 spiro atoms. The zero-order valence-corrected chi connectivity index (χ0v) is 15.8. The molecule has 0 aliphatic carbocycles. The van der Waals surface area contributed by atoms with E-state index < -0.39 is 0 Å². The highest BCUT2D eigenvalue weighted by atomic mass is 16.2. The van der Waals surface area contributed by atoms with Crippen LogP contribution in [0.3, 0.4) is 0 Å². The summed E-state index contributed by atoms with van der Waals surface area (Å²) < 4.78 is 0. The molecule has 2 heterocycles. The Morgan fingerprint density at radius 3 is 2.42 bits per heavy atom. The van der Waals surface area contributed by atoms with Crippen molar-refractivity contribution < 1.29 is 9.59 Å². The molecule has 0 saturated carbocycles. The molecule has 3 amide bonds. The van der Waals surface area contributed by atoms with Crippen molar-refractivity contribution in [2.45, 2.75) is 63.6 Å². The molecule has 0 radical (unpaired) electrons. The van der Waals surface area contributed by atoms with Crippen molar-refractivity contribution in [1.82, 2.24) is 15.5 Å². The predicted molar refractivity (Wildman–Crippen MR) is 103 cm³/mol. The number of carbonyl (C=O) groups is 2. The lowest BCUT2D eigenvalue weighted by Gasteiger charge is -2.35. The van der Waals surface area contributed by atoms with Gasteiger partial charge in [0.15, 0.2) is 0 Å². The van der Waals surface area contributed by atoms with E-state index in [-0.39, 0.29) is 11.9 Å². The molecule has 6 heteroatoms. The van der Waals surface area contributed by atoms with Gasteiger partial charge in [-0.2, -0.15) is 0 Å². The maximum absolute atomic E-state index is 12.7. The molecular weight excluding hydrogens is 328 g/mol. The lowest BCUT2D eigenvalue weighted by molar-refractivity contribution is -0.131. The Hall–Kier alpha value is -2.08. The van der Waals surface area contributed by atoms with E-state index in [9.17, 15) is 9.59 Å². The van der Waals surface area contributed by atoms with E-state index in [0.29, 0.717) is 31.1 Å². The number of hydrogen-bond acceptors (Lipinski definition) is 3. The Morgan fingerprint density at radius 2 is 1.81 bits per heavy atom. The zero-order chi connectivity index (χ0) is 18.5. The smallest absolute Gasteiger partial charge is 0.319 e. The topological polar surface area (TPSA) is 73.5 Å². The maximum Gasteiger partial charge on any atom is 0.319 e. The lowest BCUT2D eigenvalue weighted by atomic mass is 9.98. The number of amides is 3. The van der Waals surface area contributed by atoms with Gasteiger partial charge in [-0.25, -0.2) is 4.79 Å². The molecule has 2 fully saturated rings. The Bertz CT molecular complexity index is 619. The lowest BCUT2D eigenvalue weighted by Crippen LogP contribution is -2.49. The van der Waals surface area contributed by atoms with Crippen LogP contribution >= 0.6 is 0 Å². The fraction of sp³-hybridized carbons (Fsp3) is 0.600. The third kappa shape index (κ3) is 4.75. The quantitative estimate of drug-likeness (QED) is 0.731. The molecule has 26 heavy (non-hydrogen) atoms. The summed E-state index contributed by atoms with van der Waals surface area (Å²) in [6.07, 6.45) is 5.91. The molecule has 1 aromatic carbocycles. The monoisotopic (exact) mass is 358 g/mol. The normalized spacial score (nSPS) is 24.2. The second-order valence-electron chi connectivity index (χ2n) is 7.52. The van der Waals surface area contributed by atoms with Crippen molar-refractivity contribution in [3.05, 3.63) is 29.8 Å². The molecule has 2 aliphatic rings. The van der Waals surface area contributed by atoms with Gasteiger partial charge in [-0.15, -0.1) is 0 Å². The van der Waals surface area contributed by atoms with Crippen molar-refractivity contribution in [3.8, 4) is 0 Å². The van der Waals surface area contributed by atoms with Gasteiger partial charge < -0.3 is 20.9 Å². The molecular formula is C20H30N4O2. The van der Waals surface area contributed by atoms with E-state index in [2.05, 4.69) is 16.0 Å². The summed E-state index contributed by atoms with van der Waals surface area (Å²) in [5.41, 5.74) is 1.70. The van der Waals surface area contributed by atoms with Gasteiger partial charge in [0.25, 0.3) is 0 Å². The summed E-state index contributed by atoms with van der Waals surface area (Å²) in [7, 11) is 1.94. The molecule has 0 aromatic heterocycles. The van der Waals surface area contributed by atoms with Gasteiger partial charge in [-0.05, 0) is 49.8 Å². The third-order valence-electron chi connectivity index (χ3n) is 5.49. The highest BCUT2D eigenvalue weighted by Gasteiger charge is 2.36. The highest BCUT2D eigenvalue weighted by Crippen LogP contribution is 2.29. The summed E-state index contributed by atoms with van der Waals surface area (Å²) in [4.78, 5) is 26.3. The average Bonchev–Trinajstić information content (AvgIpc) is 2.98. The molecule has 2 bridgehead atoms. The largest absolute Gasteiger partial charge is 0.342 e. The summed E-state index contributed by atoms with van der Waals surface area (Å²) in [5, 5.41) is 9.19. The maximum atomic E-state index is 12.7. The summed E-state index contributed by atoms with van der Waals surface area (Å²) in [6.45, 7) is 2.67. The van der Waals surface area contributed by atoms with Crippen LogP contribution in [0.2, 0.25) is 0 Å². The van der Waals surface area contributed by atoms with E-state index in [0.717, 1.165) is 30.5 Å². The van der Waals surface area contributed by atoms with Gasteiger partial charge in [0.2, 0.25) is 5.91 Å². The van der Waals surface area contributed by atoms with E-state index in [1.54, 1.807) is 0 Å². The first-order chi connectivity index (χ1) is 12.5. The Labute approximate surface area is 155 Å². The second-order valence-corrected chi connectivity index (χ2v) is 7.52. The van der Waals surface area contributed by atoms with Crippen molar-refractivity contribution in [3.63, 3.8) is 0 Å². The van der Waals surface area contributed by atoms with Gasteiger partial charge >= 0.3 is 6.03 Å². The average molecular weight is 358 g/mol. The molecule has 1 aromatic rings. The van der Waals surface area contributed by atoms with E-state index in [1.165, 1.54) is 12.8 Å². The van der Waals surface area contributed by atoms with Crippen molar-refractivity contribution >= 4 is 17.6 Å². The third-order valence-corrected chi connectivity index (χ3v) is 5.49. The van der Waals surface area contributed by atoms with Crippen molar-refractivity contribution in [2.24, 2.45) is 0 Å². The number of fused-ring (bicyclic) bond motifs is 2. The van der Waals surface area contributed by atoms with Crippen LogP contribution in [0.1, 0.15) is 44.6 Å². The molecule has 6 nitrogen and oxygen atoms in total. The van der Waals surface area contributed by atoms with Crippen LogP contribution in [-0.2, 0) is 11.2 Å². The van der Waals surface area contributed by atoms with E-state index in [4.69, 9.17) is 0 Å². The number of hydrogen-bond donors (Lipinski definition) is 3. The van der Waals surface area contributed by atoms with Gasteiger partial charge in [-0.1, -0.05) is 19.1 Å². The molecule has 2 unspecified atom stereocenters. The van der Waals surface area contributed by atoms with Gasteiger partial charge in [-0.3, -0.25) is 4.79 Å². The minimum atomic E-state index is -0.198. The van der Waals surface area contributed by atoms with Crippen LogP contribution < -0.4 is 16.0 Å². The summed E-state index contributed by atoms with van der Waals surface area (Å²) in [5.74, 6) is 0.165. The molecule has 2 aliphatic heterocycles. The fourth-order valence-corrected chi connectivity index (χ4v) is 3.97. The first-order valence-corrected chi connectivity index (χ1v) is 9.70. The molecule has 142 valence electrons. The van der Waals surface area contributed by atoms with Crippen molar-refractivity contribution in [2.75, 3.05) is 18.9 Å². The molecule has 3 rings (SSSR count). The van der Waals surface area contributed by atoms with Crippen LogP contribution in [0, 0.1) is 0 Å². The number of benzene rings is 1. The molecule has 2 atom stereocenters. The van der Waals surface area contributed by atoms with Gasteiger partial charge in [0, 0.05) is 37.4 Å². The standard InChI is InChI=1S/C20H30N4O2/c1-3-10-21-20(26)23-15-6-4-14(5-7-15)11-19(25)24(2)18-12-16-8-9-17(13-18)22-16/h4-7,16-18,22H,3,8-13H2,1-2H3,(H2,21,23,26). The number of nitrogens with zero attached hydrogens (tertiary/aromatic N) is 1. The number of urea groups is 1. The number of rotatable bonds is 6. The van der Waals surface area contributed by atoms with Crippen LogP contribution in [0.5, 0.6) is 0 Å². The number of likely N-dealkylation sites (N-methyl/N-ethyl adjacent to an activating group) is 1. The van der Waals surface area contributed by atoms with Crippen molar-refractivity contribution in [1.29, 1.82) is 0 Å². The van der Waals surface area contributed by atoms with Gasteiger partial charge in [0.1, 0.15) is 0 Å². The molecule has 2 saturated heterocycles. The zero-order valence-electron chi connectivity index (χ0n) is 15.8. The minimum Gasteiger partial charge on any atom is -0.342 e. The number of nitrogens with one attached hydrogen (secondary N) is 3.